The second kappa shape index (κ2) is 7.49. The molecule has 3 aromatic rings. The molecule has 3 aromatic carbocycles. The number of ether oxygens (including phenoxy) is 2. The molecule has 0 bridgehead atoms. The van der Waals surface area contributed by atoms with Crippen molar-refractivity contribution in [2.24, 2.45) is 0 Å². The van der Waals surface area contributed by atoms with Crippen molar-refractivity contribution in [1.82, 2.24) is 4.90 Å². The lowest BCUT2D eigenvalue weighted by molar-refractivity contribution is 0.240. The summed E-state index contributed by atoms with van der Waals surface area (Å²) in [5.41, 5.74) is 2.14. The number of methoxy groups -OCH3 is 2. The van der Waals surface area contributed by atoms with Gasteiger partial charge in [-0.25, -0.2) is 0 Å². The Morgan fingerprint density at radius 1 is 1.04 bits per heavy atom. The maximum absolute atomic E-state index is 10.5. The molecular formula is C23H25NO3. The van der Waals surface area contributed by atoms with Crippen molar-refractivity contribution < 1.29 is 14.6 Å². The third kappa shape index (κ3) is 3.33. The Bertz CT molecular complexity index is 954. The van der Waals surface area contributed by atoms with Gasteiger partial charge in [-0.15, -0.1) is 0 Å². The maximum atomic E-state index is 10.5. The average Bonchev–Trinajstić information content (AvgIpc) is 3.17. The van der Waals surface area contributed by atoms with Crippen molar-refractivity contribution in [2.75, 3.05) is 20.8 Å². The summed E-state index contributed by atoms with van der Waals surface area (Å²) in [6.45, 7) is 1.70. The van der Waals surface area contributed by atoms with Crippen LogP contribution in [0.25, 0.3) is 10.8 Å². The molecule has 4 rings (SSSR count). The Hall–Kier alpha value is -2.72. The SMILES string of the molecule is COc1ccc(OC)c([C@@H]2CCCN2Cc2c(O)ccc3ccccc23)c1. The monoisotopic (exact) mass is 363 g/mol. The predicted molar refractivity (Wildman–Crippen MR) is 108 cm³/mol. The number of nitrogens with zero attached hydrogens (tertiary/aromatic N) is 1. The minimum Gasteiger partial charge on any atom is -0.508 e. The lowest BCUT2D eigenvalue weighted by Crippen LogP contribution is -2.23. The number of hydrogen-bond donors (Lipinski definition) is 1. The second-order valence-corrected chi connectivity index (χ2v) is 7.02. The molecule has 1 aliphatic rings. The number of phenols is 1. The van der Waals surface area contributed by atoms with Crippen LogP contribution in [0.15, 0.2) is 54.6 Å². The van der Waals surface area contributed by atoms with Gasteiger partial charge in [0, 0.05) is 23.7 Å². The van der Waals surface area contributed by atoms with Crippen molar-refractivity contribution >= 4 is 10.8 Å². The number of hydrogen-bond acceptors (Lipinski definition) is 4. The Kier molecular flexibility index (Phi) is 4.90. The number of benzene rings is 3. The van der Waals surface area contributed by atoms with Crippen LogP contribution < -0.4 is 9.47 Å². The van der Waals surface area contributed by atoms with E-state index in [9.17, 15) is 5.11 Å². The summed E-state index contributed by atoms with van der Waals surface area (Å²) in [7, 11) is 3.40. The second-order valence-electron chi connectivity index (χ2n) is 7.02. The summed E-state index contributed by atoms with van der Waals surface area (Å²) in [5, 5.41) is 12.8. The van der Waals surface area contributed by atoms with Gasteiger partial charge in [0.15, 0.2) is 0 Å². The fourth-order valence-electron chi connectivity index (χ4n) is 4.16. The van der Waals surface area contributed by atoms with Gasteiger partial charge in [-0.3, -0.25) is 4.90 Å². The first-order chi connectivity index (χ1) is 13.2. The lowest BCUT2D eigenvalue weighted by Gasteiger charge is -2.27. The summed E-state index contributed by atoms with van der Waals surface area (Å²) < 4.78 is 11.0. The first kappa shape index (κ1) is 17.7. The van der Waals surface area contributed by atoms with Crippen molar-refractivity contribution in [1.29, 1.82) is 0 Å². The van der Waals surface area contributed by atoms with E-state index in [1.807, 2.05) is 30.3 Å². The fourth-order valence-corrected chi connectivity index (χ4v) is 4.16. The standard InChI is InChI=1S/C23H25NO3/c1-26-17-10-12-23(27-2)19(14-17)21-8-5-13-24(21)15-20-18-7-4-3-6-16(18)9-11-22(20)25/h3-4,6-7,9-12,14,21,25H,5,8,13,15H2,1-2H3/t21-/m0/s1. The van der Waals surface area contributed by atoms with Gasteiger partial charge in [0.1, 0.15) is 17.2 Å². The van der Waals surface area contributed by atoms with Crippen LogP contribution in [-0.2, 0) is 6.54 Å². The van der Waals surface area contributed by atoms with Crippen molar-refractivity contribution in [3.8, 4) is 17.2 Å². The van der Waals surface area contributed by atoms with Crippen LogP contribution in [0.4, 0.5) is 0 Å². The van der Waals surface area contributed by atoms with Gasteiger partial charge >= 0.3 is 0 Å². The molecule has 0 amide bonds. The molecule has 27 heavy (non-hydrogen) atoms. The summed E-state index contributed by atoms with van der Waals surface area (Å²) in [6, 6.07) is 18.2. The Morgan fingerprint density at radius 2 is 1.89 bits per heavy atom. The van der Waals surface area contributed by atoms with E-state index in [1.165, 1.54) is 0 Å². The zero-order valence-electron chi connectivity index (χ0n) is 15.8. The summed E-state index contributed by atoms with van der Waals surface area (Å²) in [6.07, 6.45) is 2.19. The molecule has 0 spiro atoms. The van der Waals surface area contributed by atoms with E-state index in [-0.39, 0.29) is 6.04 Å². The quantitative estimate of drug-likeness (QED) is 0.700. The van der Waals surface area contributed by atoms with Crippen molar-refractivity contribution in [3.63, 3.8) is 0 Å². The van der Waals surface area contributed by atoms with Crippen molar-refractivity contribution in [3.05, 3.63) is 65.7 Å². The molecule has 4 heteroatoms. The highest BCUT2D eigenvalue weighted by Crippen LogP contribution is 2.41. The molecule has 0 radical (unpaired) electrons. The zero-order chi connectivity index (χ0) is 18.8. The maximum Gasteiger partial charge on any atom is 0.123 e. The minimum absolute atomic E-state index is 0.244. The third-order valence-electron chi connectivity index (χ3n) is 5.54. The van der Waals surface area contributed by atoms with Crippen LogP contribution in [0.1, 0.15) is 30.0 Å². The third-order valence-corrected chi connectivity index (χ3v) is 5.54. The van der Waals surface area contributed by atoms with Crippen LogP contribution in [0.5, 0.6) is 17.2 Å². The van der Waals surface area contributed by atoms with E-state index in [0.29, 0.717) is 12.3 Å². The number of fused-ring (bicyclic) bond motifs is 1. The molecular weight excluding hydrogens is 338 g/mol. The van der Waals surface area contributed by atoms with Crippen LogP contribution in [-0.4, -0.2) is 30.8 Å². The van der Waals surface area contributed by atoms with Gasteiger partial charge in [-0.2, -0.15) is 0 Å². The molecule has 1 heterocycles. The first-order valence-corrected chi connectivity index (χ1v) is 9.37. The molecule has 1 atom stereocenters. The highest BCUT2D eigenvalue weighted by molar-refractivity contribution is 5.87. The Labute approximate surface area is 160 Å². The summed E-state index contributed by atoms with van der Waals surface area (Å²) in [5.74, 6) is 2.08. The first-order valence-electron chi connectivity index (χ1n) is 9.37. The lowest BCUT2D eigenvalue weighted by atomic mass is 10.00. The van der Waals surface area contributed by atoms with E-state index in [1.54, 1.807) is 20.3 Å². The smallest absolute Gasteiger partial charge is 0.123 e. The van der Waals surface area contributed by atoms with Crippen LogP contribution in [0, 0.1) is 0 Å². The summed E-state index contributed by atoms with van der Waals surface area (Å²) in [4.78, 5) is 2.43. The van der Waals surface area contributed by atoms with Crippen LogP contribution in [0.3, 0.4) is 0 Å². The van der Waals surface area contributed by atoms with E-state index in [4.69, 9.17) is 9.47 Å². The average molecular weight is 363 g/mol. The zero-order valence-corrected chi connectivity index (χ0v) is 15.8. The highest BCUT2D eigenvalue weighted by atomic mass is 16.5. The van der Waals surface area contributed by atoms with Gasteiger partial charge in [-0.05, 0) is 54.4 Å². The van der Waals surface area contributed by atoms with Gasteiger partial charge in [0.25, 0.3) is 0 Å². The van der Waals surface area contributed by atoms with E-state index >= 15 is 0 Å². The van der Waals surface area contributed by atoms with E-state index in [0.717, 1.165) is 52.8 Å². The molecule has 1 saturated heterocycles. The molecule has 1 N–H and O–H groups in total. The van der Waals surface area contributed by atoms with Crippen LogP contribution >= 0.6 is 0 Å². The Morgan fingerprint density at radius 3 is 2.70 bits per heavy atom. The summed E-state index contributed by atoms with van der Waals surface area (Å²) >= 11 is 0. The van der Waals surface area contributed by atoms with Gasteiger partial charge < -0.3 is 14.6 Å². The number of likely N-dealkylation sites (tertiary alicyclic amines) is 1. The topological polar surface area (TPSA) is 41.9 Å². The molecule has 1 fully saturated rings. The van der Waals surface area contributed by atoms with Gasteiger partial charge in [0.05, 0.1) is 14.2 Å². The minimum atomic E-state index is 0.244. The predicted octanol–water partition coefficient (Wildman–Crippen LogP) is 4.90. The molecule has 0 saturated carbocycles. The number of aromatic hydroxyl groups is 1. The molecule has 4 nitrogen and oxygen atoms in total. The molecule has 0 unspecified atom stereocenters. The number of rotatable bonds is 5. The van der Waals surface area contributed by atoms with E-state index in [2.05, 4.69) is 23.1 Å². The van der Waals surface area contributed by atoms with Gasteiger partial charge in [0.2, 0.25) is 0 Å². The normalized spacial score (nSPS) is 17.3. The Balaban J connectivity index is 1.71. The fraction of sp³-hybridized carbons (Fsp3) is 0.304. The van der Waals surface area contributed by atoms with Crippen LogP contribution in [0.2, 0.25) is 0 Å². The highest BCUT2D eigenvalue weighted by Gasteiger charge is 2.29. The van der Waals surface area contributed by atoms with Crippen molar-refractivity contribution in [2.45, 2.75) is 25.4 Å². The molecule has 0 aromatic heterocycles. The molecule has 1 aliphatic heterocycles. The molecule has 140 valence electrons. The number of phenolic OH excluding ortho intramolecular Hbond substituents is 1. The molecule has 0 aliphatic carbocycles. The van der Waals surface area contributed by atoms with Gasteiger partial charge in [-0.1, -0.05) is 30.3 Å². The van der Waals surface area contributed by atoms with E-state index < -0.39 is 0 Å². The largest absolute Gasteiger partial charge is 0.508 e.